The monoisotopic (exact) mass is 230 g/mol. The summed E-state index contributed by atoms with van der Waals surface area (Å²) >= 11 is 0. The first-order chi connectivity index (χ1) is 8.15. The molecule has 1 aromatic heterocycles. The van der Waals surface area contributed by atoms with E-state index in [1.165, 1.54) is 5.69 Å². The normalized spacial score (nSPS) is 10.8. The van der Waals surface area contributed by atoms with Crippen LogP contribution in [0.1, 0.15) is 30.8 Å². The van der Waals surface area contributed by atoms with Crippen LogP contribution in [0.25, 0.3) is 5.69 Å². The van der Waals surface area contributed by atoms with Gasteiger partial charge in [-0.25, -0.2) is 4.68 Å². The van der Waals surface area contributed by atoms with Crippen LogP contribution in [0.5, 0.6) is 5.75 Å². The van der Waals surface area contributed by atoms with Crippen molar-refractivity contribution in [3.63, 3.8) is 0 Å². The van der Waals surface area contributed by atoms with Gasteiger partial charge in [0.05, 0.1) is 11.4 Å². The Hall–Kier alpha value is -1.77. The molecule has 3 heteroatoms. The molecule has 0 saturated carbocycles. The number of aromatic nitrogens is 2. The van der Waals surface area contributed by atoms with Crippen molar-refractivity contribution >= 4 is 0 Å². The Morgan fingerprint density at radius 3 is 2.53 bits per heavy atom. The van der Waals surface area contributed by atoms with Crippen LogP contribution in [0.3, 0.4) is 0 Å². The molecular formula is C14H18N2O. The Morgan fingerprint density at radius 2 is 1.94 bits per heavy atom. The summed E-state index contributed by atoms with van der Waals surface area (Å²) in [7, 11) is 0. The quantitative estimate of drug-likeness (QED) is 0.880. The molecule has 2 aromatic rings. The van der Waals surface area contributed by atoms with E-state index in [0.717, 1.165) is 29.8 Å². The zero-order chi connectivity index (χ0) is 12.4. The summed E-state index contributed by atoms with van der Waals surface area (Å²) in [6.07, 6.45) is 1.89. The first kappa shape index (κ1) is 11.7. The molecule has 0 amide bonds. The van der Waals surface area contributed by atoms with Gasteiger partial charge in [-0.05, 0) is 49.6 Å². The molecule has 2 rings (SSSR count). The van der Waals surface area contributed by atoms with Crippen molar-refractivity contribution < 1.29 is 5.11 Å². The maximum absolute atomic E-state index is 9.43. The molecule has 0 radical (unpaired) electrons. The van der Waals surface area contributed by atoms with Crippen molar-refractivity contribution in [3.05, 3.63) is 41.2 Å². The van der Waals surface area contributed by atoms with Gasteiger partial charge in [0.1, 0.15) is 5.75 Å². The van der Waals surface area contributed by atoms with Crippen LogP contribution in [0.2, 0.25) is 0 Å². The van der Waals surface area contributed by atoms with Crippen LogP contribution in [0.4, 0.5) is 0 Å². The summed E-state index contributed by atoms with van der Waals surface area (Å²) in [5.41, 5.74) is 4.38. The minimum absolute atomic E-state index is 0.298. The number of nitrogens with zero attached hydrogens (tertiary/aromatic N) is 2. The van der Waals surface area contributed by atoms with Gasteiger partial charge in [0.15, 0.2) is 0 Å². The fourth-order valence-corrected chi connectivity index (χ4v) is 1.99. The molecule has 0 atom stereocenters. The number of phenols is 1. The van der Waals surface area contributed by atoms with Gasteiger partial charge in [-0.3, -0.25) is 0 Å². The molecule has 0 fully saturated rings. The number of rotatable bonds is 3. The SMILES string of the molecule is CCc1cc(CC)n(-c2ccc(O)cc2C)n1. The molecule has 0 saturated heterocycles. The van der Waals surface area contributed by atoms with Gasteiger partial charge in [-0.2, -0.15) is 5.10 Å². The third-order valence-electron chi connectivity index (χ3n) is 2.97. The molecule has 90 valence electrons. The highest BCUT2D eigenvalue weighted by Crippen LogP contribution is 2.21. The lowest BCUT2D eigenvalue weighted by molar-refractivity contribution is 0.474. The van der Waals surface area contributed by atoms with E-state index in [0.29, 0.717) is 5.75 Å². The Labute approximate surface area is 102 Å². The molecule has 0 spiro atoms. The van der Waals surface area contributed by atoms with Crippen molar-refractivity contribution in [1.82, 2.24) is 9.78 Å². The van der Waals surface area contributed by atoms with Crippen LogP contribution in [0, 0.1) is 6.92 Å². The van der Waals surface area contributed by atoms with Gasteiger partial charge < -0.3 is 5.11 Å². The number of hydrogen-bond acceptors (Lipinski definition) is 2. The number of benzene rings is 1. The highest BCUT2D eigenvalue weighted by atomic mass is 16.3. The van der Waals surface area contributed by atoms with E-state index >= 15 is 0 Å². The van der Waals surface area contributed by atoms with Crippen LogP contribution >= 0.6 is 0 Å². The third kappa shape index (κ3) is 2.18. The van der Waals surface area contributed by atoms with Gasteiger partial charge in [0.25, 0.3) is 0 Å². The van der Waals surface area contributed by atoms with Crippen LogP contribution in [0.15, 0.2) is 24.3 Å². The maximum Gasteiger partial charge on any atom is 0.115 e. The van der Waals surface area contributed by atoms with Crippen molar-refractivity contribution in [1.29, 1.82) is 0 Å². The van der Waals surface area contributed by atoms with Gasteiger partial charge >= 0.3 is 0 Å². The summed E-state index contributed by atoms with van der Waals surface area (Å²) in [4.78, 5) is 0. The molecular weight excluding hydrogens is 212 g/mol. The van der Waals surface area contributed by atoms with Gasteiger partial charge in [-0.1, -0.05) is 13.8 Å². The van der Waals surface area contributed by atoms with Crippen molar-refractivity contribution in [3.8, 4) is 11.4 Å². The smallest absolute Gasteiger partial charge is 0.115 e. The zero-order valence-electron chi connectivity index (χ0n) is 10.6. The second kappa shape index (κ2) is 4.62. The highest BCUT2D eigenvalue weighted by molar-refractivity contribution is 5.45. The maximum atomic E-state index is 9.43. The number of phenolic OH excluding ortho intramolecular Hbond substituents is 1. The van der Waals surface area contributed by atoms with Gasteiger partial charge in [0, 0.05) is 5.69 Å². The standard InChI is InChI=1S/C14H18N2O/c1-4-11-9-12(5-2)16(15-11)14-7-6-13(17)8-10(14)3/h6-9,17H,4-5H2,1-3H3. The lowest BCUT2D eigenvalue weighted by Crippen LogP contribution is -2.03. The second-order valence-corrected chi connectivity index (χ2v) is 4.22. The van der Waals surface area contributed by atoms with E-state index in [1.54, 1.807) is 12.1 Å². The highest BCUT2D eigenvalue weighted by Gasteiger charge is 2.09. The van der Waals surface area contributed by atoms with E-state index in [1.807, 2.05) is 17.7 Å². The molecule has 0 aliphatic rings. The molecule has 1 aromatic carbocycles. The van der Waals surface area contributed by atoms with E-state index in [9.17, 15) is 5.11 Å². The Bertz CT molecular complexity index is 529. The summed E-state index contributed by atoms with van der Waals surface area (Å²) in [5, 5.41) is 14.0. The molecule has 3 nitrogen and oxygen atoms in total. The lowest BCUT2D eigenvalue weighted by Gasteiger charge is -2.09. The topological polar surface area (TPSA) is 38.0 Å². The van der Waals surface area contributed by atoms with Crippen LogP contribution in [-0.4, -0.2) is 14.9 Å². The largest absolute Gasteiger partial charge is 0.508 e. The summed E-state index contributed by atoms with van der Waals surface area (Å²) < 4.78 is 1.98. The number of hydrogen-bond donors (Lipinski definition) is 1. The Kier molecular flexibility index (Phi) is 3.18. The number of aromatic hydroxyl groups is 1. The van der Waals surface area contributed by atoms with Gasteiger partial charge in [-0.15, -0.1) is 0 Å². The molecule has 0 unspecified atom stereocenters. The molecule has 0 bridgehead atoms. The summed E-state index contributed by atoms with van der Waals surface area (Å²) in [5.74, 6) is 0.298. The van der Waals surface area contributed by atoms with E-state index in [2.05, 4.69) is 25.0 Å². The average Bonchev–Trinajstić information content (AvgIpc) is 2.72. The summed E-state index contributed by atoms with van der Waals surface area (Å²) in [6, 6.07) is 7.53. The third-order valence-corrected chi connectivity index (χ3v) is 2.97. The first-order valence-corrected chi connectivity index (χ1v) is 6.03. The second-order valence-electron chi connectivity index (χ2n) is 4.22. The average molecular weight is 230 g/mol. The molecule has 1 heterocycles. The fraction of sp³-hybridized carbons (Fsp3) is 0.357. The predicted octanol–water partition coefficient (Wildman–Crippen LogP) is 3.01. The van der Waals surface area contributed by atoms with Crippen LogP contribution < -0.4 is 0 Å². The van der Waals surface area contributed by atoms with Crippen molar-refractivity contribution in [2.75, 3.05) is 0 Å². The molecule has 17 heavy (non-hydrogen) atoms. The minimum Gasteiger partial charge on any atom is -0.508 e. The predicted molar refractivity (Wildman–Crippen MR) is 68.7 cm³/mol. The van der Waals surface area contributed by atoms with Crippen molar-refractivity contribution in [2.45, 2.75) is 33.6 Å². The summed E-state index contributed by atoms with van der Waals surface area (Å²) in [6.45, 7) is 6.22. The Balaban J connectivity index is 2.55. The number of aryl methyl sites for hydroxylation is 3. The fourth-order valence-electron chi connectivity index (χ4n) is 1.99. The lowest BCUT2D eigenvalue weighted by atomic mass is 10.2. The minimum atomic E-state index is 0.298. The molecule has 1 N–H and O–H groups in total. The molecule has 0 aliphatic heterocycles. The van der Waals surface area contributed by atoms with Crippen LogP contribution in [-0.2, 0) is 12.8 Å². The van der Waals surface area contributed by atoms with E-state index in [4.69, 9.17) is 0 Å². The van der Waals surface area contributed by atoms with Gasteiger partial charge in [0.2, 0.25) is 0 Å². The van der Waals surface area contributed by atoms with E-state index in [-0.39, 0.29) is 0 Å². The Morgan fingerprint density at radius 1 is 1.18 bits per heavy atom. The molecule has 0 aliphatic carbocycles. The van der Waals surface area contributed by atoms with Crippen molar-refractivity contribution in [2.24, 2.45) is 0 Å². The zero-order valence-corrected chi connectivity index (χ0v) is 10.6. The first-order valence-electron chi connectivity index (χ1n) is 6.03. The van der Waals surface area contributed by atoms with E-state index < -0.39 is 0 Å².